The van der Waals surface area contributed by atoms with Crippen LogP contribution in [-0.4, -0.2) is 53.2 Å². The van der Waals surface area contributed by atoms with E-state index in [4.69, 9.17) is 0 Å². The normalized spacial score (nSPS) is 23.5. The van der Waals surface area contributed by atoms with Crippen LogP contribution >= 0.6 is 0 Å². The van der Waals surface area contributed by atoms with Crippen molar-refractivity contribution in [1.29, 1.82) is 0 Å². The van der Waals surface area contributed by atoms with Crippen LogP contribution in [0, 0.1) is 5.41 Å². The number of allylic oxidation sites excluding steroid dienone is 4. The van der Waals surface area contributed by atoms with Crippen molar-refractivity contribution in [2.24, 2.45) is 5.41 Å². The topological polar surface area (TPSA) is 69.7 Å². The average Bonchev–Trinajstić information content (AvgIpc) is 2.85. The number of piperazine rings is 1. The largest absolute Gasteiger partial charge is 0.338 e. The van der Waals surface area contributed by atoms with Gasteiger partial charge in [0.05, 0.1) is 17.8 Å². The minimum atomic E-state index is -0.864. The van der Waals surface area contributed by atoms with E-state index in [0.29, 0.717) is 30.6 Å². The molecule has 2 unspecified atom stereocenters. The minimum Gasteiger partial charge on any atom is -0.338 e. The number of halogens is 2. The Hall–Kier alpha value is -3.03. The molecule has 1 saturated heterocycles. The van der Waals surface area contributed by atoms with Crippen LogP contribution in [0.3, 0.4) is 0 Å². The highest BCUT2D eigenvalue weighted by Crippen LogP contribution is 2.40. The average molecular weight is 458 g/mol. The molecular formula is C25H29F2N3O3. The molecule has 0 spiro atoms. The van der Waals surface area contributed by atoms with Gasteiger partial charge in [0.25, 0.3) is 5.91 Å². The molecule has 1 aromatic carbocycles. The maximum atomic E-state index is 14.6. The van der Waals surface area contributed by atoms with E-state index in [2.05, 4.69) is 5.32 Å². The van der Waals surface area contributed by atoms with E-state index < -0.39 is 23.6 Å². The molecule has 0 radical (unpaired) electrons. The van der Waals surface area contributed by atoms with Gasteiger partial charge >= 0.3 is 0 Å². The summed E-state index contributed by atoms with van der Waals surface area (Å²) in [6, 6.07) is 3.92. The van der Waals surface area contributed by atoms with E-state index in [0.717, 1.165) is 0 Å². The Morgan fingerprint density at radius 2 is 1.91 bits per heavy atom. The van der Waals surface area contributed by atoms with E-state index >= 15 is 0 Å². The fraction of sp³-hybridized carbons (Fsp3) is 0.480. The maximum absolute atomic E-state index is 14.6. The summed E-state index contributed by atoms with van der Waals surface area (Å²) in [5.41, 5.74) is 1.15. The number of carbonyl (C=O) groups is 3. The Morgan fingerprint density at radius 3 is 2.61 bits per heavy atom. The van der Waals surface area contributed by atoms with Gasteiger partial charge in [-0.25, -0.2) is 8.78 Å². The molecule has 6 nitrogen and oxygen atoms in total. The van der Waals surface area contributed by atoms with Crippen molar-refractivity contribution >= 4 is 23.4 Å². The second kappa shape index (κ2) is 8.39. The van der Waals surface area contributed by atoms with Crippen LogP contribution < -0.4 is 5.32 Å². The van der Waals surface area contributed by atoms with Crippen LogP contribution in [0.2, 0.25) is 0 Å². The summed E-state index contributed by atoms with van der Waals surface area (Å²) in [6.45, 7) is 8.15. The number of hydrogen-bond acceptors (Lipinski definition) is 3. The Balaban J connectivity index is 1.60. The highest BCUT2D eigenvalue weighted by atomic mass is 19.2. The number of nitrogens with zero attached hydrogens (tertiary/aromatic N) is 2. The van der Waals surface area contributed by atoms with Gasteiger partial charge in [0.1, 0.15) is 11.9 Å². The first-order chi connectivity index (χ1) is 15.5. The Kier molecular flexibility index (Phi) is 5.88. The number of nitrogens with one attached hydrogen (secondary N) is 1. The van der Waals surface area contributed by atoms with Gasteiger partial charge in [-0.05, 0) is 42.0 Å². The van der Waals surface area contributed by atoms with Crippen LogP contribution in [0.1, 0.15) is 62.4 Å². The molecule has 0 bridgehead atoms. The number of fused-ring (bicyclic) bond motifs is 2. The second-order valence-electron chi connectivity index (χ2n) is 10.2. The molecule has 1 aliphatic carbocycles. The van der Waals surface area contributed by atoms with Gasteiger partial charge in [0, 0.05) is 25.4 Å². The van der Waals surface area contributed by atoms with Gasteiger partial charge in [-0.2, -0.15) is 0 Å². The summed E-state index contributed by atoms with van der Waals surface area (Å²) in [5, 5.41) is 2.79. The second-order valence-corrected chi connectivity index (χ2v) is 10.2. The summed E-state index contributed by atoms with van der Waals surface area (Å²) in [6.07, 6.45) is 2.29. The highest BCUT2D eigenvalue weighted by molar-refractivity contribution is 6.10. The van der Waals surface area contributed by atoms with E-state index in [1.807, 2.05) is 20.8 Å². The lowest BCUT2D eigenvalue weighted by Gasteiger charge is -2.40. The monoisotopic (exact) mass is 457 g/mol. The molecule has 176 valence electrons. The molecular weight excluding hydrogens is 428 g/mol. The van der Waals surface area contributed by atoms with Gasteiger partial charge in [0.2, 0.25) is 11.8 Å². The van der Waals surface area contributed by atoms with E-state index in [1.165, 1.54) is 11.8 Å². The third kappa shape index (κ3) is 4.43. The Bertz CT molecular complexity index is 1090. The standard InChI is InChI=1S/C25H29F2N3O3/c1-14-5-7-16(22(27)21(14)26)15-6-8-18-17(11-15)24(33)30-10-9-29(13-19(30)23(32)28-18)20(31)12-25(2,3)4/h5-6,8,11,16,19H,7,9-10,12-13H2,1-4H3,(H,28,32). The van der Waals surface area contributed by atoms with Gasteiger partial charge in [-0.3, -0.25) is 14.4 Å². The summed E-state index contributed by atoms with van der Waals surface area (Å²) in [5.74, 6) is -3.28. The predicted molar refractivity (Wildman–Crippen MR) is 121 cm³/mol. The van der Waals surface area contributed by atoms with Crippen molar-refractivity contribution in [2.45, 2.75) is 52.5 Å². The number of rotatable bonds is 2. The van der Waals surface area contributed by atoms with Crippen LogP contribution in [0.15, 0.2) is 41.5 Å². The lowest BCUT2D eigenvalue weighted by Crippen LogP contribution is -2.59. The van der Waals surface area contributed by atoms with Crippen molar-refractivity contribution in [3.05, 3.63) is 52.6 Å². The molecule has 8 heteroatoms. The number of hydrogen-bond donors (Lipinski definition) is 1. The van der Waals surface area contributed by atoms with Gasteiger partial charge < -0.3 is 15.1 Å². The quantitative estimate of drug-likeness (QED) is 0.720. The molecule has 4 rings (SSSR count). The summed E-state index contributed by atoms with van der Waals surface area (Å²) in [7, 11) is 0. The number of benzene rings is 1. The fourth-order valence-electron chi connectivity index (χ4n) is 4.59. The van der Waals surface area contributed by atoms with Crippen molar-refractivity contribution < 1.29 is 23.2 Å². The van der Waals surface area contributed by atoms with Crippen molar-refractivity contribution in [1.82, 2.24) is 9.80 Å². The number of carbonyl (C=O) groups excluding carboxylic acids is 3. The zero-order chi connectivity index (χ0) is 24.1. The van der Waals surface area contributed by atoms with Gasteiger partial charge in [0.15, 0.2) is 5.83 Å². The fourth-order valence-corrected chi connectivity index (χ4v) is 4.59. The van der Waals surface area contributed by atoms with E-state index in [-0.39, 0.29) is 47.4 Å². The van der Waals surface area contributed by atoms with E-state index in [9.17, 15) is 23.2 Å². The Labute approximate surface area is 192 Å². The molecule has 1 fully saturated rings. The molecule has 3 amide bonds. The summed E-state index contributed by atoms with van der Waals surface area (Å²) < 4.78 is 28.8. The van der Waals surface area contributed by atoms with Crippen LogP contribution in [0.4, 0.5) is 14.5 Å². The molecule has 2 heterocycles. The third-order valence-corrected chi connectivity index (χ3v) is 6.43. The van der Waals surface area contributed by atoms with E-state index in [1.54, 1.807) is 29.2 Å². The molecule has 2 aliphatic heterocycles. The van der Waals surface area contributed by atoms with Crippen molar-refractivity contribution in [2.75, 3.05) is 25.0 Å². The SMILES string of the molecule is CC1=CCC(c2ccc3c(c2)C(=O)N2CCN(C(=O)CC(C)(C)C)CC2C(=O)N3)C(F)=C1F. The zero-order valence-electron chi connectivity index (χ0n) is 19.4. The molecule has 0 aromatic heterocycles. The molecule has 3 aliphatic rings. The lowest BCUT2D eigenvalue weighted by atomic mass is 9.87. The van der Waals surface area contributed by atoms with Crippen LogP contribution in [0.25, 0.3) is 0 Å². The molecule has 1 N–H and O–H groups in total. The van der Waals surface area contributed by atoms with Gasteiger partial charge in [-0.15, -0.1) is 0 Å². The Morgan fingerprint density at radius 1 is 1.18 bits per heavy atom. The third-order valence-electron chi connectivity index (χ3n) is 6.43. The number of anilines is 1. The summed E-state index contributed by atoms with van der Waals surface area (Å²) >= 11 is 0. The van der Waals surface area contributed by atoms with Crippen molar-refractivity contribution in [3.63, 3.8) is 0 Å². The highest BCUT2D eigenvalue weighted by Gasteiger charge is 2.41. The molecule has 33 heavy (non-hydrogen) atoms. The summed E-state index contributed by atoms with van der Waals surface area (Å²) in [4.78, 5) is 42.2. The number of amides is 3. The molecule has 1 aromatic rings. The van der Waals surface area contributed by atoms with Gasteiger partial charge in [-0.1, -0.05) is 32.9 Å². The maximum Gasteiger partial charge on any atom is 0.256 e. The lowest BCUT2D eigenvalue weighted by molar-refractivity contribution is -0.137. The predicted octanol–water partition coefficient (Wildman–Crippen LogP) is 4.31. The van der Waals surface area contributed by atoms with Crippen molar-refractivity contribution in [3.8, 4) is 0 Å². The first-order valence-corrected chi connectivity index (χ1v) is 11.2. The first-order valence-electron chi connectivity index (χ1n) is 11.2. The van der Waals surface area contributed by atoms with Crippen LogP contribution in [-0.2, 0) is 9.59 Å². The minimum absolute atomic E-state index is 0.0450. The smallest absolute Gasteiger partial charge is 0.256 e. The molecule has 0 saturated carbocycles. The first kappa shape index (κ1) is 23.1. The zero-order valence-corrected chi connectivity index (χ0v) is 19.4. The molecule has 2 atom stereocenters. The van der Waals surface area contributed by atoms with Crippen LogP contribution in [0.5, 0.6) is 0 Å².